The first kappa shape index (κ1) is 10.5. The summed E-state index contributed by atoms with van der Waals surface area (Å²) in [6, 6.07) is 3.59. The van der Waals surface area contributed by atoms with E-state index >= 15 is 0 Å². The van der Waals surface area contributed by atoms with Crippen LogP contribution in [0.2, 0.25) is 0 Å². The van der Waals surface area contributed by atoms with Crippen molar-refractivity contribution in [1.82, 2.24) is 0 Å². The Morgan fingerprint density at radius 1 is 1.60 bits per heavy atom. The van der Waals surface area contributed by atoms with E-state index in [0.717, 1.165) is 12.1 Å². The highest BCUT2D eigenvalue weighted by Crippen LogP contribution is 2.17. The summed E-state index contributed by atoms with van der Waals surface area (Å²) in [5.74, 6) is -2.30. The summed E-state index contributed by atoms with van der Waals surface area (Å²) >= 11 is 0. The molecule has 0 atom stereocenters. The average molecular weight is 207 g/mol. The highest BCUT2D eigenvalue weighted by Gasteiger charge is 2.10. The van der Waals surface area contributed by atoms with Crippen molar-refractivity contribution in [3.05, 3.63) is 33.6 Å². The normalized spacial score (nSPS) is 10.7. The van der Waals surface area contributed by atoms with Crippen LogP contribution in [0.5, 0.6) is 0 Å². The van der Waals surface area contributed by atoms with E-state index in [1.54, 1.807) is 0 Å². The molecule has 0 N–H and O–H groups in total. The fourth-order valence-electron chi connectivity index (χ4n) is 0.797. The van der Waals surface area contributed by atoms with Gasteiger partial charge in [0.15, 0.2) is 0 Å². The minimum absolute atomic E-state index is 0.0950. The van der Waals surface area contributed by atoms with E-state index in [1.165, 1.54) is 12.1 Å². The second-order valence-corrected chi connectivity index (χ2v) is 2.39. The van der Waals surface area contributed by atoms with E-state index in [4.69, 9.17) is 5.26 Å². The van der Waals surface area contributed by atoms with Gasteiger partial charge in [-0.25, -0.2) is 0 Å². The molecule has 0 aliphatic heterocycles. The Kier molecular flexibility index (Phi) is 2.83. The van der Waals surface area contributed by atoms with Crippen LogP contribution < -0.4 is 5.11 Å². The van der Waals surface area contributed by atoms with Gasteiger partial charge in [-0.3, -0.25) is 10.1 Å². The number of hydrogen-bond acceptors (Lipinski definition) is 6. The number of carbonyl (C=O) groups excluding carboxylic acids is 1. The predicted octanol–water partition coefficient (Wildman–Crippen LogP) is -0.155. The Morgan fingerprint density at radius 2 is 2.27 bits per heavy atom. The predicted molar refractivity (Wildman–Crippen MR) is 44.0 cm³/mol. The minimum Gasteiger partial charge on any atom is -0.544 e. The van der Waals surface area contributed by atoms with E-state index in [2.05, 4.69) is 4.42 Å². The zero-order chi connectivity index (χ0) is 11.4. The van der Waals surface area contributed by atoms with Crippen LogP contribution in [0.15, 0.2) is 22.1 Å². The molecule has 0 aromatic carbocycles. The topological polar surface area (TPSA) is 120 Å². The van der Waals surface area contributed by atoms with Gasteiger partial charge in [0.05, 0.1) is 17.6 Å². The van der Waals surface area contributed by atoms with Crippen molar-refractivity contribution in [2.24, 2.45) is 0 Å². The highest BCUT2D eigenvalue weighted by atomic mass is 16.6. The number of nitro groups is 1. The monoisotopic (exact) mass is 207 g/mol. The van der Waals surface area contributed by atoms with Crippen LogP contribution in [0.3, 0.4) is 0 Å². The van der Waals surface area contributed by atoms with Crippen LogP contribution in [-0.4, -0.2) is 10.9 Å². The molecular weight excluding hydrogens is 204 g/mol. The second kappa shape index (κ2) is 4.06. The molecule has 0 unspecified atom stereocenters. The Labute approximate surface area is 83.0 Å². The highest BCUT2D eigenvalue weighted by molar-refractivity contribution is 5.94. The van der Waals surface area contributed by atoms with Gasteiger partial charge in [-0.1, -0.05) is 0 Å². The molecule has 0 amide bonds. The molecule has 7 nitrogen and oxygen atoms in total. The van der Waals surface area contributed by atoms with E-state index in [-0.39, 0.29) is 5.76 Å². The number of carboxylic acids is 1. The van der Waals surface area contributed by atoms with Gasteiger partial charge in [0.25, 0.3) is 0 Å². The molecule has 0 radical (unpaired) electrons. The average Bonchev–Trinajstić information content (AvgIpc) is 2.61. The molecule has 7 heteroatoms. The van der Waals surface area contributed by atoms with Gasteiger partial charge < -0.3 is 14.3 Å². The number of nitriles is 1. The van der Waals surface area contributed by atoms with Crippen molar-refractivity contribution in [1.29, 1.82) is 5.26 Å². The molecule has 0 bridgehead atoms. The number of aliphatic carboxylic acids is 1. The zero-order valence-corrected chi connectivity index (χ0v) is 7.17. The molecule has 0 spiro atoms. The van der Waals surface area contributed by atoms with Crippen LogP contribution in [0.4, 0.5) is 5.88 Å². The lowest BCUT2D eigenvalue weighted by molar-refractivity contribution is -0.402. The first-order valence-electron chi connectivity index (χ1n) is 3.62. The van der Waals surface area contributed by atoms with Crippen molar-refractivity contribution in [2.75, 3.05) is 0 Å². The zero-order valence-electron chi connectivity index (χ0n) is 7.17. The van der Waals surface area contributed by atoms with Gasteiger partial charge in [-0.05, 0) is 6.07 Å². The van der Waals surface area contributed by atoms with Gasteiger partial charge in [0, 0.05) is 6.08 Å². The fraction of sp³-hybridized carbons (Fsp3) is 0. The maximum absolute atomic E-state index is 10.3. The summed E-state index contributed by atoms with van der Waals surface area (Å²) < 4.78 is 4.61. The first-order chi connectivity index (χ1) is 7.04. The molecule has 0 saturated carbocycles. The summed E-state index contributed by atoms with van der Waals surface area (Å²) in [4.78, 5) is 19.7. The summed E-state index contributed by atoms with van der Waals surface area (Å²) in [6.45, 7) is 0. The molecule has 1 rings (SSSR count). The number of carboxylic acid groups (broad SMARTS) is 1. The number of hydrogen-bond donors (Lipinski definition) is 0. The summed E-state index contributed by atoms with van der Waals surface area (Å²) in [5, 5.41) is 28.9. The van der Waals surface area contributed by atoms with Crippen LogP contribution in [0.1, 0.15) is 5.76 Å². The SMILES string of the molecule is N#C/C(=C/c1ccc([N+](=O)[O-])o1)C(=O)[O-]. The Balaban J connectivity index is 3.04. The van der Waals surface area contributed by atoms with Crippen molar-refractivity contribution < 1.29 is 19.2 Å². The maximum Gasteiger partial charge on any atom is 0.433 e. The third-order valence-electron chi connectivity index (χ3n) is 1.42. The second-order valence-electron chi connectivity index (χ2n) is 2.39. The number of furan rings is 1. The van der Waals surface area contributed by atoms with Gasteiger partial charge in [0.1, 0.15) is 16.8 Å². The third kappa shape index (κ3) is 2.41. The lowest BCUT2D eigenvalue weighted by Gasteiger charge is -1.95. The minimum atomic E-state index is -1.67. The number of carbonyl (C=O) groups is 1. The van der Waals surface area contributed by atoms with Crippen molar-refractivity contribution >= 4 is 17.9 Å². The van der Waals surface area contributed by atoms with Crippen molar-refractivity contribution in [2.45, 2.75) is 0 Å². The molecule has 0 fully saturated rings. The molecule has 1 aromatic heterocycles. The summed E-state index contributed by atoms with van der Waals surface area (Å²) in [6.07, 6.45) is 0.850. The fourth-order valence-corrected chi connectivity index (χ4v) is 0.797. The van der Waals surface area contributed by atoms with Crippen LogP contribution in [0.25, 0.3) is 6.08 Å². The Bertz CT molecular complexity index is 479. The summed E-state index contributed by atoms with van der Waals surface area (Å²) in [7, 11) is 0. The first-order valence-corrected chi connectivity index (χ1v) is 3.62. The van der Waals surface area contributed by atoms with E-state index < -0.39 is 22.3 Å². The molecule has 15 heavy (non-hydrogen) atoms. The summed E-state index contributed by atoms with van der Waals surface area (Å²) in [5.41, 5.74) is -0.667. The number of rotatable bonds is 3. The quantitative estimate of drug-likeness (QED) is 0.294. The van der Waals surface area contributed by atoms with Crippen LogP contribution in [0, 0.1) is 21.4 Å². The standard InChI is InChI=1S/C8H4N2O5/c9-4-5(8(11)12)3-6-1-2-7(15-6)10(13)14/h1-3H,(H,11,12)/p-1/b5-3-. The maximum atomic E-state index is 10.3. The van der Waals surface area contributed by atoms with Crippen LogP contribution in [-0.2, 0) is 4.79 Å². The largest absolute Gasteiger partial charge is 0.544 e. The molecule has 0 aliphatic carbocycles. The molecule has 1 heterocycles. The molecule has 0 saturated heterocycles. The van der Waals surface area contributed by atoms with Gasteiger partial charge in [-0.15, -0.1) is 0 Å². The number of nitrogens with zero attached hydrogens (tertiary/aromatic N) is 2. The van der Waals surface area contributed by atoms with Crippen LogP contribution >= 0.6 is 0 Å². The molecule has 0 aliphatic rings. The van der Waals surface area contributed by atoms with E-state index in [1.807, 2.05) is 0 Å². The Hall–Kier alpha value is -2.62. The van der Waals surface area contributed by atoms with Crippen molar-refractivity contribution in [3.8, 4) is 6.07 Å². The molecule has 1 aromatic rings. The van der Waals surface area contributed by atoms with E-state index in [0.29, 0.717) is 0 Å². The van der Waals surface area contributed by atoms with Gasteiger partial charge >= 0.3 is 5.88 Å². The Morgan fingerprint density at radius 3 is 2.67 bits per heavy atom. The van der Waals surface area contributed by atoms with E-state index in [9.17, 15) is 20.0 Å². The third-order valence-corrected chi connectivity index (χ3v) is 1.42. The van der Waals surface area contributed by atoms with Gasteiger partial charge in [0.2, 0.25) is 0 Å². The van der Waals surface area contributed by atoms with Gasteiger partial charge in [-0.2, -0.15) is 5.26 Å². The molecule has 76 valence electrons. The lowest BCUT2D eigenvalue weighted by atomic mass is 10.2. The smallest absolute Gasteiger partial charge is 0.433 e. The lowest BCUT2D eigenvalue weighted by Crippen LogP contribution is -2.23. The molecular formula is C8H3N2O5-. The van der Waals surface area contributed by atoms with Crippen molar-refractivity contribution in [3.63, 3.8) is 0 Å².